The number of amides is 2. The van der Waals surface area contributed by atoms with Gasteiger partial charge >= 0.3 is 0 Å². The molecule has 0 saturated heterocycles. The molecule has 2 aromatic rings. The van der Waals surface area contributed by atoms with E-state index in [0.717, 1.165) is 17.5 Å². The number of hydrogen-bond acceptors (Lipinski definition) is 3. The maximum atomic E-state index is 13.0. The Hall–Kier alpha value is -2.82. The Morgan fingerprint density at radius 1 is 0.966 bits per heavy atom. The maximum Gasteiger partial charge on any atom is 0.261 e. The monoisotopic (exact) mass is 396 g/mol. The van der Waals surface area contributed by atoms with Crippen LogP contribution in [0.5, 0.6) is 5.75 Å². The van der Waals surface area contributed by atoms with Gasteiger partial charge in [0, 0.05) is 12.6 Å². The second-order valence-corrected chi connectivity index (χ2v) is 7.63. The molecule has 1 unspecified atom stereocenters. The Morgan fingerprint density at radius 3 is 2.10 bits per heavy atom. The van der Waals surface area contributed by atoms with E-state index in [-0.39, 0.29) is 24.5 Å². The van der Waals surface area contributed by atoms with Crippen molar-refractivity contribution in [2.24, 2.45) is 0 Å². The van der Waals surface area contributed by atoms with Gasteiger partial charge in [0.15, 0.2) is 6.61 Å². The molecule has 0 heterocycles. The molecule has 0 aliphatic carbocycles. The van der Waals surface area contributed by atoms with Crippen molar-refractivity contribution >= 4 is 11.8 Å². The number of carbonyl (C=O) groups excluding carboxylic acids is 2. The molecule has 2 aromatic carbocycles. The van der Waals surface area contributed by atoms with Crippen LogP contribution in [-0.2, 0) is 22.6 Å². The normalized spacial score (nSPS) is 11.8. The van der Waals surface area contributed by atoms with Crippen LogP contribution in [0, 0.1) is 6.92 Å². The number of ether oxygens (including phenoxy) is 1. The molecule has 29 heavy (non-hydrogen) atoms. The van der Waals surface area contributed by atoms with Gasteiger partial charge in [-0.1, -0.05) is 48.9 Å². The van der Waals surface area contributed by atoms with Crippen molar-refractivity contribution in [3.05, 3.63) is 65.2 Å². The highest BCUT2D eigenvalue weighted by molar-refractivity contribution is 5.88. The van der Waals surface area contributed by atoms with E-state index in [1.54, 1.807) is 11.8 Å². The van der Waals surface area contributed by atoms with Gasteiger partial charge in [-0.15, -0.1) is 0 Å². The van der Waals surface area contributed by atoms with Crippen molar-refractivity contribution in [1.82, 2.24) is 10.2 Å². The minimum atomic E-state index is -0.600. The molecule has 2 rings (SSSR count). The van der Waals surface area contributed by atoms with Crippen LogP contribution in [0.4, 0.5) is 0 Å². The zero-order chi connectivity index (χ0) is 21.4. The van der Waals surface area contributed by atoms with Crippen LogP contribution in [0.15, 0.2) is 48.5 Å². The molecule has 0 aliphatic rings. The molecule has 0 radical (unpaired) electrons. The Morgan fingerprint density at radius 2 is 1.55 bits per heavy atom. The predicted octanol–water partition coefficient (Wildman–Crippen LogP) is 3.88. The molecule has 0 spiro atoms. The van der Waals surface area contributed by atoms with E-state index in [1.165, 1.54) is 5.56 Å². The van der Waals surface area contributed by atoms with Crippen LogP contribution in [0.1, 0.15) is 44.4 Å². The summed E-state index contributed by atoms with van der Waals surface area (Å²) >= 11 is 0. The summed E-state index contributed by atoms with van der Waals surface area (Å²) in [5.74, 6) is 0.245. The highest BCUT2D eigenvalue weighted by atomic mass is 16.5. The van der Waals surface area contributed by atoms with Crippen LogP contribution in [0.2, 0.25) is 0 Å². The minimum Gasteiger partial charge on any atom is -0.484 e. The highest BCUT2D eigenvalue weighted by Crippen LogP contribution is 2.15. The second-order valence-electron chi connectivity index (χ2n) is 7.63. The lowest BCUT2D eigenvalue weighted by Gasteiger charge is -2.29. The van der Waals surface area contributed by atoms with Gasteiger partial charge in [-0.05, 0) is 57.4 Å². The molecule has 0 aliphatic heterocycles. The summed E-state index contributed by atoms with van der Waals surface area (Å²) in [5.41, 5.74) is 3.33. The number of carbonyl (C=O) groups is 2. The first-order valence-electron chi connectivity index (χ1n) is 10.2. The Bertz CT molecular complexity index is 798. The molecule has 0 bridgehead atoms. The predicted molar refractivity (Wildman–Crippen MR) is 116 cm³/mol. The van der Waals surface area contributed by atoms with Crippen molar-refractivity contribution in [3.8, 4) is 5.75 Å². The third-order valence-corrected chi connectivity index (χ3v) is 4.77. The van der Waals surface area contributed by atoms with Crippen LogP contribution < -0.4 is 10.1 Å². The van der Waals surface area contributed by atoms with Gasteiger partial charge < -0.3 is 15.0 Å². The fourth-order valence-corrected chi connectivity index (χ4v) is 2.93. The summed E-state index contributed by atoms with van der Waals surface area (Å²) in [7, 11) is 0. The van der Waals surface area contributed by atoms with Crippen LogP contribution in [0.25, 0.3) is 0 Å². The van der Waals surface area contributed by atoms with Crippen molar-refractivity contribution in [1.29, 1.82) is 0 Å². The summed E-state index contributed by atoms with van der Waals surface area (Å²) in [6, 6.07) is 15.1. The first kappa shape index (κ1) is 22.5. The van der Waals surface area contributed by atoms with Gasteiger partial charge in [-0.2, -0.15) is 0 Å². The SMILES string of the molecule is CCc1ccc(OCC(=O)N(Cc2ccc(C)cc2)C(C)C(=O)NC(C)C)cc1. The van der Waals surface area contributed by atoms with Crippen molar-refractivity contribution in [2.75, 3.05) is 6.61 Å². The highest BCUT2D eigenvalue weighted by Gasteiger charge is 2.26. The van der Waals surface area contributed by atoms with E-state index in [2.05, 4.69) is 12.2 Å². The average Bonchev–Trinajstić information content (AvgIpc) is 2.71. The largest absolute Gasteiger partial charge is 0.484 e. The first-order valence-corrected chi connectivity index (χ1v) is 10.2. The summed E-state index contributed by atoms with van der Waals surface area (Å²) in [6.07, 6.45) is 0.950. The third-order valence-electron chi connectivity index (χ3n) is 4.77. The van der Waals surface area contributed by atoms with Crippen molar-refractivity contribution < 1.29 is 14.3 Å². The summed E-state index contributed by atoms with van der Waals surface area (Å²) in [6.45, 7) is 9.90. The summed E-state index contributed by atoms with van der Waals surface area (Å²) < 4.78 is 5.69. The van der Waals surface area contributed by atoms with Crippen molar-refractivity contribution in [2.45, 2.75) is 59.7 Å². The van der Waals surface area contributed by atoms with Crippen molar-refractivity contribution in [3.63, 3.8) is 0 Å². The Labute approximate surface area is 174 Å². The standard InChI is InChI=1S/C24H32N2O3/c1-6-20-11-13-22(14-12-20)29-16-23(27)26(19(5)24(28)25-17(2)3)15-21-9-7-18(4)8-10-21/h7-14,17,19H,6,15-16H2,1-5H3,(H,25,28). The molecule has 1 atom stereocenters. The van der Waals surface area contributed by atoms with E-state index in [4.69, 9.17) is 4.74 Å². The van der Waals surface area contributed by atoms with Gasteiger partial charge in [0.1, 0.15) is 11.8 Å². The topological polar surface area (TPSA) is 58.6 Å². The molecular formula is C24H32N2O3. The van der Waals surface area contributed by atoms with E-state index < -0.39 is 6.04 Å². The maximum absolute atomic E-state index is 13.0. The van der Waals surface area contributed by atoms with Crippen LogP contribution in [0.3, 0.4) is 0 Å². The molecule has 156 valence electrons. The van der Waals surface area contributed by atoms with Gasteiger partial charge in [-0.25, -0.2) is 0 Å². The lowest BCUT2D eigenvalue weighted by atomic mass is 10.1. The number of nitrogens with zero attached hydrogens (tertiary/aromatic N) is 1. The van der Waals surface area contributed by atoms with E-state index in [0.29, 0.717) is 12.3 Å². The van der Waals surface area contributed by atoms with Crippen LogP contribution >= 0.6 is 0 Å². The minimum absolute atomic E-state index is 0.00890. The number of benzene rings is 2. The van der Waals surface area contributed by atoms with E-state index in [1.807, 2.05) is 69.3 Å². The van der Waals surface area contributed by atoms with Gasteiger partial charge in [0.05, 0.1) is 0 Å². The Kier molecular flexibility index (Phi) is 8.25. The number of aryl methyl sites for hydroxylation is 2. The average molecular weight is 397 g/mol. The molecular weight excluding hydrogens is 364 g/mol. The van der Waals surface area contributed by atoms with E-state index in [9.17, 15) is 9.59 Å². The summed E-state index contributed by atoms with van der Waals surface area (Å²) in [4.78, 5) is 27.1. The molecule has 5 nitrogen and oxygen atoms in total. The first-order chi connectivity index (χ1) is 13.8. The van der Waals surface area contributed by atoms with Gasteiger partial charge in [0.2, 0.25) is 5.91 Å². The quantitative estimate of drug-likeness (QED) is 0.700. The number of rotatable bonds is 9. The third kappa shape index (κ3) is 6.93. The smallest absolute Gasteiger partial charge is 0.261 e. The molecule has 5 heteroatoms. The van der Waals surface area contributed by atoms with Gasteiger partial charge in [0.25, 0.3) is 5.91 Å². The van der Waals surface area contributed by atoms with E-state index >= 15 is 0 Å². The second kappa shape index (κ2) is 10.6. The zero-order valence-corrected chi connectivity index (χ0v) is 18.1. The number of nitrogens with one attached hydrogen (secondary N) is 1. The zero-order valence-electron chi connectivity index (χ0n) is 18.1. The van der Waals surface area contributed by atoms with Gasteiger partial charge in [-0.3, -0.25) is 9.59 Å². The molecule has 0 saturated carbocycles. The molecule has 0 fully saturated rings. The lowest BCUT2D eigenvalue weighted by Crippen LogP contribution is -2.50. The Balaban J connectivity index is 2.11. The molecule has 0 aromatic heterocycles. The fourth-order valence-electron chi connectivity index (χ4n) is 2.93. The lowest BCUT2D eigenvalue weighted by molar-refractivity contribution is -0.142. The molecule has 1 N–H and O–H groups in total. The fraction of sp³-hybridized carbons (Fsp3) is 0.417. The molecule has 2 amide bonds. The number of hydrogen-bond donors (Lipinski definition) is 1. The van der Waals surface area contributed by atoms with Crippen LogP contribution in [-0.4, -0.2) is 35.4 Å². The summed E-state index contributed by atoms with van der Waals surface area (Å²) in [5, 5.41) is 2.89.